The van der Waals surface area contributed by atoms with Crippen LogP contribution in [0.25, 0.3) is 0 Å². The molecule has 0 radical (unpaired) electrons. The molecular formula is C12H27Cl2N3O2. The molecule has 0 aromatic carbocycles. The molecule has 1 saturated carbocycles. The summed E-state index contributed by atoms with van der Waals surface area (Å²) >= 11 is 0. The fourth-order valence-corrected chi connectivity index (χ4v) is 2.33. The maximum Gasteiger partial charge on any atom is 0.239 e. The smallest absolute Gasteiger partial charge is 0.239 e. The minimum atomic E-state index is -0.556. The van der Waals surface area contributed by atoms with Crippen LogP contribution in [-0.2, 0) is 9.53 Å². The molecule has 1 amide bonds. The maximum absolute atomic E-state index is 11.7. The number of nitrogens with one attached hydrogen (secondary N) is 1. The van der Waals surface area contributed by atoms with Crippen molar-refractivity contribution in [3.05, 3.63) is 0 Å². The molecule has 1 aliphatic carbocycles. The van der Waals surface area contributed by atoms with E-state index in [1.54, 1.807) is 7.11 Å². The molecule has 1 fully saturated rings. The number of nitrogens with zero attached hydrogens (tertiary/aromatic N) is 1. The Morgan fingerprint density at radius 2 is 2.05 bits per heavy atom. The topological polar surface area (TPSA) is 67.6 Å². The van der Waals surface area contributed by atoms with Gasteiger partial charge in [-0.2, -0.15) is 0 Å². The highest BCUT2D eigenvalue weighted by molar-refractivity contribution is 5.85. The second kappa shape index (κ2) is 10.7. The summed E-state index contributed by atoms with van der Waals surface area (Å²) in [6.45, 7) is 0.273. The molecule has 5 nitrogen and oxygen atoms in total. The van der Waals surface area contributed by atoms with Gasteiger partial charge < -0.3 is 20.7 Å². The Balaban J connectivity index is 0. The third-order valence-electron chi connectivity index (χ3n) is 3.41. The van der Waals surface area contributed by atoms with Crippen LogP contribution in [0, 0.1) is 0 Å². The van der Waals surface area contributed by atoms with E-state index in [1.165, 1.54) is 6.42 Å². The summed E-state index contributed by atoms with van der Waals surface area (Å²) in [5, 5.41) is 3.02. The number of rotatable bonds is 5. The molecule has 7 heteroatoms. The third kappa shape index (κ3) is 7.32. The zero-order chi connectivity index (χ0) is 12.8. The third-order valence-corrected chi connectivity index (χ3v) is 3.41. The largest absolute Gasteiger partial charge is 0.383 e. The van der Waals surface area contributed by atoms with E-state index in [2.05, 4.69) is 24.3 Å². The van der Waals surface area contributed by atoms with E-state index < -0.39 is 6.04 Å². The van der Waals surface area contributed by atoms with Crippen molar-refractivity contribution in [3.63, 3.8) is 0 Å². The summed E-state index contributed by atoms with van der Waals surface area (Å²) in [7, 11) is 5.73. The molecule has 0 aromatic rings. The minimum absolute atomic E-state index is 0. The molecule has 1 rings (SSSR count). The van der Waals surface area contributed by atoms with E-state index in [9.17, 15) is 4.79 Å². The first kappa shape index (κ1) is 21.2. The standard InChI is InChI=1S/C12H25N3O2.2ClH/c1-15(2)10-6-4-5-9(7-10)14-12(16)11(13)8-17-3;;/h9-11H,4-8,13H2,1-3H3,(H,14,16);2*1H. The molecule has 116 valence electrons. The Labute approximate surface area is 128 Å². The fraction of sp³-hybridized carbons (Fsp3) is 0.917. The number of nitrogens with two attached hydrogens (primary N) is 1. The maximum atomic E-state index is 11.7. The van der Waals surface area contributed by atoms with E-state index in [0.717, 1.165) is 19.3 Å². The van der Waals surface area contributed by atoms with E-state index in [-0.39, 0.29) is 43.4 Å². The summed E-state index contributed by atoms with van der Waals surface area (Å²) in [5.41, 5.74) is 5.69. The quantitative estimate of drug-likeness (QED) is 0.787. The molecule has 0 spiro atoms. The SMILES string of the molecule is COCC(N)C(=O)NC1CCCC(N(C)C)C1.Cl.Cl. The average Bonchev–Trinajstić information content (AvgIpc) is 2.29. The van der Waals surface area contributed by atoms with Gasteiger partial charge in [0.05, 0.1) is 6.61 Å². The van der Waals surface area contributed by atoms with E-state index in [1.807, 2.05) is 0 Å². The molecule has 0 saturated heterocycles. The molecule has 0 aliphatic heterocycles. The summed E-state index contributed by atoms with van der Waals surface area (Å²) in [6, 6.07) is 0.263. The van der Waals surface area contributed by atoms with Crippen LogP contribution in [0.15, 0.2) is 0 Å². The van der Waals surface area contributed by atoms with Crippen molar-refractivity contribution in [2.45, 2.75) is 43.8 Å². The van der Waals surface area contributed by atoms with Gasteiger partial charge in [-0.15, -0.1) is 24.8 Å². The van der Waals surface area contributed by atoms with Crippen molar-refractivity contribution in [2.24, 2.45) is 5.73 Å². The van der Waals surface area contributed by atoms with Crippen LogP contribution in [-0.4, -0.2) is 56.7 Å². The monoisotopic (exact) mass is 315 g/mol. The lowest BCUT2D eigenvalue weighted by Crippen LogP contribution is -2.50. The van der Waals surface area contributed by atoms with Gasteiger partial charge in [0.2, 0.25) is 5.91 Å². The van der Waals surface area contributed by atoms with Crippen LogP contribution >= 0.6 is 24.8 Å². The number of amides is 1. The van der Waals surface area contributed by atoms with Crippen LogP contribution in [0.1, 0.15) is 25.7 Å². The normalized spacial score (nSPS) is 24.1. The Hall–Kier alpha value is -0.0700. The number of carbonyl (C=O) groups is 1. The molecule has 3 unspecified atom stereocenters. The summed E-state index contributed by atoms with van der Waals surface area (Å²) < 4.78 is 4.88. The highest BCUT2D eigenvalue weighted by atomic mass is 35.5. The van der Waals surface area contributed by atoms with Gasteiger partial charge in [-0.3, -0.25) is 4.79 Å². The minimum Gasteiger partial charge on any atom is -0.383 e. The zero-order valence-electron chi connectivity index (χ0n) is 11.9. The first-order valence-electron chi connectivity index (χ1n) is 6.26. The van der Waals surface area contributed by atoms with Gasteiger partial charge in [0.15, 0.2) is 0 Å². The van der Waals surface area contributed by atoms with Gasteiger partial charge in [0.25, 0.3) is 0 Å². The lowest BCUT2D eigenvalue weighted by atomic mass is 9.90. The number of hydrogen-bond donors (Lipinski definition) is 2. The van der Waals surface area contributed by atoms with Crippen LogP contribution < -0.4 is 11.1 Å². The Morgan fingerprint density at radius 1 is 1.42 bits per heavy atom. The van der Waals surface area contributed by atoms with Crippen LogP contribution in [0.5, 0.6) is 0 Å². The predicted molar refractivity (Wildman–Crippen MR) is 82.2 cm³/mol. The van der Waals surface area contributed by atoms with E-state index in [4.69, 9.17) is 10.5 Å². The highest BCUT2D eigenvalue weighted by Gasteiger charge is 2.25. The number of halogens is 2. The molecule has 1 aliphatic rings. The van der Waals surface area contributed by atoms with Crippen molar-refractivity contribution < 1.29 is 9.53 Å². The van der Waals surface area contributed by atoms with Gasteiger partial charge in [0, 0.05) is 19.2 Å². The van der Waals surface area contributed by atoms with Crippen molar-refractivity contribution >= 4 is 30.7 Å². The van der Waals surface area contributed by atoms with Crippen LogP contribution in [0.4, 0.5) is 0 Å². The molecule has 0 aromatic heterocycles. The van der Waals surface area contributed by atoms with Gasteiger partial charge in [-0.1, -0.05) is 0 Å². The van der Waals surface area contributed by atoms with Crippen molar-refractivity contribution in [1.29, 1.82) is 0 Å². The lowest BCUT2D eigenvalue weighted by Gasteiger charge is -2.34. The Kier molecular flexibility index (Phi) is 11.9. The second-order valence-electron chi connectivity index (χ2n) is 5.05. The second-order valence-corrected chi connectivity index (χ2v) is 5.05. The van der Waals surface area contributed by atoms with Crippen LogP contribution in [0.3, 0.4) is 0 Å². The fourth-order valence-electron chi connectivity index (χ4n) is 2.33. The molecule has 0 bridgehead atoms. The van der Waals surface area contributed by atoms with Crippen LogP contribution in [0.2, 0.25) is 0 Å². The lowest BCUT2D eigenvalue weighted by molar-refractivity contribution is -0.124. The summed E-state index contributed by atoms with van der Waals surface area (Å²) in [6.07, 6.45) is 4.44. The number of hydrogen-bond acceptors (Lipinski definition) is 4. The zero-order valence-corrected chi connectivity index (χ0v) is 13.6. The Morgan fingerprint density at radius 3 is 2.58 bits per heavy atom. The number of methoxy groups -OCH3 is 1. The predicted octanol–water partition coefficient (Wildman–Crippen LogP) is 0.793. The molecule has 19 heavy (non-hydrogen) atoms. The van der Waals surface area contributed by atoms with Gasteiger partial charge in [0.1, 0.15) is 6.04 Å². The number of carbonyl (C=O) groups excluding carboxylic acids is 1. The molecule has 3 N–H and O–H groups in total. The Bertz CT molecular complexity index is 255. The van der Waals surface area contributed by atoms with Gasteiger partial charge in [-0.25, -0.2) is 0 Å². The molecule has 3 atom stereocenters. The average molecular weight is 316 g/mol. The van der Waals surface area contributed by atoms with Gasteiger partial charge in [-0.05, 0) is 39.8 Å². The molecular weight excluding hydrogens is 289 g/mol. The van der Waals surface area contributed by atoms with E-state index in [0.29, 0.717) is 6.04 Å². The van der Waals surface area contributed by atoms with Crippen molar-refractivity contribution in [2.75, 3.05) is 27.8 Å². The first-order valence-corrected chi connectivity index (χ1v) is 6.26. The molecule has 0 heterocycles. The van der Waals surface area contributed by atoms with E-state index >= 15 is 0 Å². The highest BCUT2D eigenvalue weighted by Crippen LogP contribution is 2.21. The summed E-state index contributed by atoms with van der Waals surface area (Å²) in [5.74, 6) is -0.101. The summed E-state index contributed by atoms with van der Waals surface area (Å²) in [4.78, 5) is 14.0. The number of ether oxygens (including phenoxy) is 1. The van der Waals surface area contributed by atoms with Crippen molar-refractivity contribution in [3.8, 4) is 0 Å². The van der Waals surface area contributed by atoms with Gasteiger partial charge >= 0.3 is 0 Å². The van der Waals surface area contributed by atoms with Crippen molar-refractivity contribution in [1.82, 2.24) is 10.2 Å². The first-order chi connectivity index (χ1) is 8.04.